The molecule has 0 rings (SSSR count). The fraction of sp³-hybridized carbons (Fsp3) is 0.556. The fourth-order valence-corrected chi connectivity index (χ4v) is 0.599. The maximum absolute atomic E-state index is 10.9. The summed E-state index contributed by atoms with van der Waals surface area (Å²) < 4.78 is 0. The predicted molar refractivity (Wildman–Crippen MR) is 50.7 cm³/mol. The summed E-state index contributed by atoms with van der Waals surface area (Å²) in [4.78, 5) is 10.9. The number of carbonyl (C=O) groups is 1. The molecule has 0 unspecified atom stereocenters. The van der Waals surface area contributed by atoms with E-state index in [0.717, 1.165) is 0 Å². The molecule has 0 aliphatic rings. The third-order valence-electron chi connectivity index (χ3n) is 1.22. The van der Waals surface area contributed by atoms with Crippen molar-refractivity contribution in [2.24, 2.45) is 5.92 Å². The van der Waals surface area contributed by atoms with Crippen LogP contribution < -0.4 is 10.6 Å². The van der Waals surface area contributed by atoms with Crippen molar-refractivity contribution < 1.29 is 4.79 Å². The zero-order chi connectivity index (χ0) is 10.1. The molecule has 72 valence electrons. The first-order valence-corrected chi connectivity index (χ1v) is 4.24. The number of nitriles is 1. The van der Waals surface area contributed by atoms with Crippen LogP contribution in [-0.2, 0) is 0 Å². The average molecular weight is 181 g/mol. The van der Waals surface area contributed by atoms with E-state index >= 15 is 0 Å². The van der Waals surface area contributed by atoms with Gasteiger partial charge in [0, 0.05) is 12.7 Å². The Balaban J connectivity index is 3.47. The van der Waals surface area contributed by atoms with Gasteiger partial charge in [-0.1, -0.05) is 19.9 Å². The lowest BCUT2D eigenvalue weighted by Crippen LogP contribution is -2.32. The Kier molecular flexibility index (Phi) is 6.34. The summed E-state index contributed by atoms with van der Waals surface area (Å²) in [5.74, 6) is 0.416. The van der Waals surface area contributed by atoms with Gasteiger partial charge in [0.05, 0.1) is 12.5 Å². The highest BCUT2D eigenvalue weighted by Crippen LogP contribution is 1.90. The van der Waals surface area contributed by atoms with Gasteiger partial charge in [-0.3, -0.25) is 0 Å². The second kappa shape index (κ2) is 7.17. The van der Waals surface area contributed by atoms with Gasteiger partial charge in [0.25, 0.3) is 0 Å². The molecule has 0 aromatic heterocycles. The highest BCUT2D eigenvalue weighted by Gasteiger charge is 1.94. The first-order chi connectivity index (χ1) is 6.16. The highest BCUT2D eigenvalue weighted by molar-refractivity contribution is 5.74. The third-order valence-corrected chi connectivity index (χ3v) is 1.22. The molecule has 2 amide bonds. The van der Waals surface area contributed by atoms with Gasteiger partial charge < -0.3 is 10.6 Å². The zero-order valence-electron chi connectivity index (χ0n) is 8.00. The summed E-state index contributed by atoms with van der Waals surface area (Å²) >= 11 is 0. The molecule has 0 aromatic rings. The molecule has 0 aliphatic carbocycles. The van der Waals surface area contributed by atoms with Gasteiger partial charge in [-0.2, -0.15) is 5.26 Å². The topological polar surface area (TPSA) is 64.9 Å². The second-order valence-electron chi connectivity index (χ2n) is 2.91. The summed E-state index contributed by atoms with van der Waals surface area (Å²) in [5, 5.41) is 13.3. The normalized spacial score (nSPS) is 10.0. The Morgan fingerprint density at radius 3 is 2.85 bits per heavy atom. The number of nitrogens with one attached hydrogen (secondary N) is 2. The summed E-state index contributed by atoms with van der Waals surface area (Å²) in [5.41, 5.74) is 0. The lowest BCUT2D eigenvalue weighted by atomic mass is 10.2. The second-order valence-corrected chi connectivity index (χ2v) is 2.91. The number of hydrogen-bond acceptors (Lipinski definition) is 2. The Bertz CT molecular complexity index is 215. The van der Waals surface area contributed by atoms with Crippen molar-refractivity contribution in [3.63, 3.8) is 0 Å². The molecule has 0 spiro atoms. The Hall–Kier alpha value is -1.50. The molecule has 2 N–H and O–H groups in total. The van der Waals surface area contributed by atoms with Gasteiger partial charge in [-0.05, 0) is 5.92 Å². The first-order valence-electron chi connectivity index (χ1n) is 4.24. The lowest BCUT2D eigenvalue weighted by Gasteiger charge is -2.01. The fourth-order valence-electron chi connectivity index (χ4n) is 0.599. The Morgan fingerprint density at radius 2 is 2.31 bits per heavy atom. The minimum Gasteiger partial charge on any atom is -0.337 e. The molecule has 0 bridgehead atoms. The van der Waals surface area contributed by atoms with Crippen LogP contribution in [0.5, 0.6) is 0 Å². The van der Waals surface area contributed by atoms with E-state index in [2.05, 4.69) is 10.6 Å². The standard InChI is InChI=1S/C9H15N3O/c1-8(2)4-7-12-9(13)11-6-3-5-10/h4,7-8H,3,6H2,1-2H3,(H2,11,12,13)/b7-4+. The van der Waals surface area contributed by atoms with Crippen molar-refractivity contribution in [3.05, 3.63) is 12.3 Å². The molecule has 0 saturated carbocycles. The summed E-state index contributed by atoms with van der Waals surface area (Å²) in [6.07, 6.45) is 3.82. The van der Waals surface area contributed by atoms with E-state index in [1.807, 2.05) is 26.0 Å². The van der Waals surface area contributed by atoms with Crippen molar-refractivity contribution in [3.8, 4) is 6.07 Å². The van der Waals surface area contributed by atoms with Crippen LogP contribution in [0.4, 0.5) is 4.79 Å². The van der Waals surface area contributed by atoms with E-state index in [4.69, 9.17) is 5.26 Å². The van der Waals surface area contributed by atoms with Crippen LogP contribution in [0.1, 0.15) is 20.3 Å². The summed E-state index contributed by atoms with van der Waals surface area (Å²) in [6, 6.07) is 1.67. The zero-order valence-corrected chi connectivity index (χ0v) is 8.00. The minimum absolute atomic E-state index is 0.271. The van der Waals surface area contributed by atoms with E-state index in [9.17, 15) is 4.79 Å². The summed E-state index contributed by atoms with van der Waals surface area (Å²) in [6.45, 7) is 4.43. The number of hydrogen-bond donors (Lipinski definition) is 2. The van der Waals surface area contributed by atoms with Gasteiger partial charge >= 0.3 is 6.03 Å². The molecule has 0 aliphatic heterocycles. The largest absolute Gasteiger partial charge is 0.337 e. The Labute approximate surface area is 78.6 Å². The molecule has 4 nitrogen and oxygen atoms in total. The SMILES string of the molecule is CC(C)/C=C/NC(=O)NCCC#N. The van der Waals surface area contributed by atoms with Crippen LogP contribution in [0.2, 0.25) is 0 Å². The van der Waals surface area contributed by atoms with Gasteiger partial charge in [0.1, 0.15) is 0 Å². The molecule has 0 atom stereocenters. The lowest BCUT2D eigenvalue weighted by molar-refractivity contribution is 0.244. The van der Waals surface area contributed by atoms with Gasteiger partial charge in [0.15, 0.2) is 0 Å². The molecule has 4 heteroatoms. The van der Waals surface area contributed by atoms with Crippen LogP contribution in [0.15, 0.2) is 12.3 Å². The van der Waals surface area contributed by atoms with Gasteiger partial charge in [-0.15, -0.1) is 0 Å². The van der Waals surface area contributed by atoms with E-state index in [0.29, 0.717) is 18.9 Å². The monoisotopic (exact) mass is 181 g/mol. The quantitative estimate of drug-likeness (QED) is 0.643. The van der Waals surface area contributed by atoms with Crippen molar-refractivity contribution >= 4 is 6.03 Å². The first kappa shape index (κ1) is 11.5. The van der Waals surface area contributed by atoms with Crippen LogP contribution >= 0.6 is 0 Å². The number of rotatable bonds is 4. The van der Waals surface area contributed by atoms with Crippen LogP contribution in [-0.4, -0.2) is 12.6 Å². The van der Waals surface area contributed by atoms with E-state index in [1.165, 1.54) is 0 Å². The van der Waals surface area contributed by atoms with Crippen molar-refractivity contribution in [2.45, 2.75) is 20.3 Å². The summed E-state index contributed by atoms with van der Waals surface area (Å²) in [7, 11) is 0. The molecule has 0 fully saturated rings. The van der Waals surface area contributed by atoms with E-state index in [-0.39, 0.29) is 6.03 Å². The average Bonchev–Trinajstić information content (AvgIpc) is 2.04. The van der Waals surface area contributed by atoms with Gasteiger partial charge in [-0.25, -0.2) is 4.79 Å². The highest BCUT2D eigenvalue weighted by atomic mass is 16.2. The number of carbonyl (C=O) groups excluding carboxylic acids is 1. The molecule has 0 heterocycles. The molecule has 0 radical (unpaired) electrons. The van der Waals surface area contributed by atoms with E-state index in [1.54, 1.807) is 6.20 Å². The van der Waals surface area contributed by atoms with Crippen LogP contribution in [0.3, 0.4) is 0 Å². The van der Waals surface area contributed by atoms with Crippen LogP contribution in [0.25, 0.3) is 0 Å². The Morgan fingerprint density at radius 1 is 1.62 bits per heavy atom. The minimum atomic E-state index is -0.271. The van der Waals surface area contributed by atoms with Crippen molar-refractivity contribution in [1.29, 1.82) is 5.26 Å². The molecular weight excluding hydrogens is 166 g/mol. The maximum atomic E-state index is 10.9. The maximum Gasteiger partial charge on any atom is 0.318 e. The smallest absolute Gasteiger partial charge is 0.318 e. The molecule has 0 saturated heterocycles. The number of urea groups is 1. The molecular formula is C9H15N3O. The molecule has 13 heavy (non-hydrogen) atoms. The van der Waals surface area contributed by atoms with Gasteiger partial charge in [0.2, 0.25) is 0 Å². The van der Waals surface area contributed by atoms with Crippen molar-refractivity contribution in [2.75, 3.05) is 6.54 Å². The van der Waals surface area contributed by atoms with E-state index < -0.39 is 0 Å². The van der Waals surface area contributed by atoms with Crippen LogP contribution in [0, 0.1) is 17.2 Å². The van der Waals surface area contributed by atoms with Crippen molar-refractivity contribution in [1.82, 2.24) is 10.6 Å². The predicted octanol–water partition coefficient (Wildman–Crippen LogP) is 1.37. The number of nitrogens with zero attached hydrogens (tertiary/aromatic N) is 1. The number of amides is 2. The third kappa shape index (κ3) is 8.41. The molecule has 0 aromatic carbocycles. The number of allylic oxidation sites excluding steroid dienone is 1.